The Kier molecular flexibility index (Phi) is 2.02. The average Bonchev–Trinajstić information content (AvgIpc) is 2.17. The standard InChI is InChI=1S/C10H12N2O/c11-10(12)9-8-4-2-1-3-7(8)5-6-13-9/h1-4,9H,5-6H2,(H3,11,12)/t9-/m0/s1. The van der Waals surface area contributed by atoms with E-state index < -0.39 is 0 Å². The number of ether oxygens (including phenoxy) is 1. The zero-order chi connectivity index (χ0) is 9.26. The van der Waals surface area contributed by atoms with Crippen molar-refractivity contribution in [3.05, 3.63) is 35.4 Å². The SMILES string of the molecule is N=C(N)[C@H]1OCCc2ccccc21. The molecule has 0 fully saturated rings. The number of hydrogen-bond donors (Lipinski definition) is 2. The van der Waals surface area contributed by atoms with Gasteiger partial charge in [0.25, 0.3) is 0 Å². The van der Waals surface area contributed by atoms with Crippen molar-refractivity contribution >= 4 is 5.84 Å². The molecule has 0 saturated carbocycles. The van der Waals surface area contributed by atoms with Gasteiger partial charge in [0.2, 0.25) is 0 Å². The summed E-state index contributed by atoms with van der Waals surface area (Å²) in [6, 6.07) is 7.99. The molecule has 0 unspecified atom stereocenters. The Hall–Kier alpha value is -1.35. The Morgan fingerprint density at radius 1 is 1.46 bits per heavy atom. The molecule has 0 bridgehead atoms. The van der Waals surface area contributed by atoms with E-state index in [-0.39, 0.29) is 11.9 Å². The Bertz CT molecular complexity index is 335. The Morgan fingerprint density at radius 2 is 2.23 bits per heavy atom. The summed E-state index contributed by atoms with van der Waals surface area (Å²) >= 11 is 0. The van der Waals surface area contributed by atoms with Crippen LogP contribution in [0.3, 0.4) is 0 Å². The molecule has 3 heteroatoms. The van der Waals surface area contributed by atoms with Gasteiger partial charge in [-0.1, -0.05) is 24.3 Å². The maximum absolute atomic E-state index is 7.37. The van der Waals surface area contributed by atoms with Crippen LogP contribution in [0.2, 0.25) is 0 Å². The predicted molar refractivity (Wildman–Crippen MR) is 50.8 cm³/mol. The lowest BCUT2D eigenvalue weighted by molar-refractivity contribution is 0.0864. The Morgan fingerprint density at radius 3 is 3.00 bits per heavy atom. The highest BCUT2D eigenvalue weighted by Crippen LogP contribution is 2.26. The number of amidine groups is 1. The van der Waals surface area contributed by atoms with Gasteiger partial charge in [-0.15, -0.1) is 0 Å². The molecule has 1 aliphatic rings. The molecule has 13 heavy (non-hydrogen) atoms. The van der Waals surface area contributed by atoms with Crippen LogP contribution < -0.4 is 5.73 Å². The third-order valence-corrected chi connectivity index (χ3v) is 2.28. The quantitative estimate of drug-likeness (QED) is 0.499. The zero-order valence-electron chi connectivity index (χ0n) is 7.29. The van der Waals surface area contributed by atoms with Crippen LogP contribution in [0.5, 0.6) is 0 Å². The van der Waals surface area contributed by atoms with Crippen molar-refractivity contribution < 1.29 is 4.74 Å². The van der Waals surface area contributed by atoms with Gasteiger partial charge < -0.3 is 10.5 Å². The second-order valence-electron chi connectivity index (χ2n) is 3.15. The first-order valence-electron chi connectivity index (χ1n) is 4.32. The molecule has 0 radical (unpaired) electrons. The highest BCUT2D eigenvalue weighted by Gasteiger charge is 2.22. The second kappa shape index (κ2) is 3.18. The van der Waals surface area contributed by atoms with E-state index in [1.807, 2.05) is 18.2 Å². The number of benzene rings is 1. The fourth-order valence-electron chi connectivity index (χ4n) is 1.65. The fourth-order valence-corrected chi connectivity index (χ4v) is 1.65. The maximum Gasteiger partial charge on any atom is 0.139 e. The van der Waals surface area contributed by atoms with Crippen LogP contribution >= 0.6 is 0 Å². The minimum Gasteiger partial charge on any atom is -0.385 e. The summed E-state index contributed by atoms with van der Waals surface area (Å²) in [4.78, 5) is 0. The summed E-state index contributed by atoms with van der Waals surface area (Å²) in [5.74, 6) is 0.0900. The summed E-state index contributed by atoms with van der Waals surface area (Å²) < 4.78 is 5.42. The van der Waals surface area contributed by atoms with Crippen molar-refractivity contribution in [1.29, 1.82) is 5.41 Å². The molecule has 0 aliphatic carbocycles. The van der Waals surface area contributed by atoms with Crippen molar-refractivity contribution in [1.82, 2.24) is 0 Å². The normalized spacial score (nSPS) is 20.8. The van der Waals surface area contributed by atoms with Crippen LogP contribution in [-0.4, -0.2) is 12.4 Å². The number of nitrogens with one attached hydrogen (secondary N) is 1. The molecule has 0 aromatic heterocycles. The van der Waals surface area contributed by atoms with Gasteiger partial charge in [-0.05, 0) is 17.5 Å². The first-order chi connectivity index (χ1) is 6.29. The lowest BCUT2D eigenvalue weighted by Gasteiger charge is -2.24. The molecule has 2 rings (SSSR count). The maximum atomic E-state index is 7.37. The van der Waals surface area contributed by atoms with Crippen molar-refractivity contribution in [2.45, 2.75) is 12.5 Å². The van der Waals surface area contributed by atoms with Crippen molar-refractivity contribution in [2.24, 2.45) is 5.73 Å². The molecule has 1 aromatic carbocycles. The van der Waals surface area contributed by atoms with Crippen LogP contribution in [0.1, 0.15) is 17.2 Å². The fraction of sp³-hybridized carbons (Fsp3) is 0.300. The molecular weight excluding hydrogens is 164 g/mol. The van der Waals surface area contributed by atoms with Crippen molar-refractivity contribution in [2.75, 3.05) is 6.61 Å². The minimum atomic E-state index is -0.329. The van der Waals surface area contributed by atoms with Gasteiger partial charge in [0.1, 0.15) is 11.9 Å². The summed E-state index contributed by atoms with van der Waals surface area (Å²) in [6.45, 7) is 0.654. The summed E-state index contributed by atoms with van der Waals surface area (Å²) in [7, 11) is 0. The van der Waals surface area contributed by atoms with Crippen LogP contribution in [0.25, 0.3) is 0 Å². The third-order valence-electron chi connectivity index (χ3n) is 2.28. The minimum absolute atomic E-state index is 0.0900. The average molecular weight is 176 g/mol. The van der Waals surface area contributed by atoms with Crippen LogP contribution in [0.4, 0.5) is 0 Å². The van der Waals surface area contributed by atoms with E-state index in [0.717, 1.165) is 12.0 Å². The number of fused-ring (bicyclic) bond motifs is 1. The van der Waals surface area contributed by atoms with Gasteiger partial charge in [-0.25, -0.2) is 0 Å². The molecule has 1 heterocycles. The van der Waals surface area contributed by atoms with E-state index in [2.05, 4.69) is 6.07 Å². The molecule has 1 atom stereocenters. The third kappa shape index (κ3) is 1.42. The van der Waals surface area contributed by atoms with Crippen molar-refractivity contribution in [3.63, 3.8) is 0 Å². The van der Waals surface area contributed by atoms with Crippen LogP contribution in [-0.2, 0) is 11.2 Å². The van der Waals surface area contributed by atoms with Crippen molar-refractivity contribution in [3.8, 4) is 0 Å². The molecule has 68 valence electrons. The molecule has 0 amide bonds. The lowest BCUT2D eigenvalue weighted by atomic mass is 9.97. The zero-order valence-corrected chi connectivity index (χ0v) is 7.29. The van der Waals surface area contributed by atoms with Crippen LogP contribution in [0.15, 0.2) is 24.3 Å². The van der Waals surface area contributed by atoms with Gasteiger partial charge in [0.15, 0.2) is 0 Å². The van der Waals surface area contributed by atoms with Gasteiger partial charge in [0, 0.05) is 0 Å². The van der Waals surface area contributed by atoms with Gasteiger partial charge in [0.05, 0.1) is 6.61 Å². The van der Waals surface area contributed by atoms with Gasteiger partial charge in [-0.3, -0.25) is 5.41 Å². The van der Waals surface area contributed by atoms with Gasteiger partial charge in [-0.2, -0.15) is 0 Å². The summed E-state index contributed by atoms with van der Waals surface area (Å²) in [6.07, 6.45) is 0.588. The first-order valence-corrected chi connectivity index (χ1v) is 4.32. The number of rotatable bonds is 1. The molecular formula is C10H12N2O. The molecule has 0 spiro atoms. The van der Waals surface area contributed by atoms with E-state index in [0.29, 0.717) is 6.61 Å². The van der Waals surface area contributed by atoms with E-state index in [1.165, 1.54) is 5.56 Å². The monoisotopic (exact) mass is 176 g/mol. The highest BCUT2D eigenvalue weighted by molar-refractivity contribution is 5.83. The number of hydrogen-bond acceptors (Lipinski definition) is 2. The molecule has 3 N–H and O–H groups in total. The Labute approximate surface area is 77.0 Å². The smallest absolute Gasteiger partial charge is 0.139 e. The van der Waals surface area contributed by atoms with Crippen LogP contribution in [0, 0.1) is 5.41 Å². The van der Waals surface area contributed by atoms with E-state index in [4.69, 9.17) is 15.9 Å². The summed E-state index contributed by atoms with van der Waals surface area (Å²) in [5, 5.41) is 7.37. The van der Waals surface area contributed by atoms with E-state index in [9.17, 15) is 0 Å². The van der Waals surface area contributed by atoms with Gasteiger partial charge >= 0.3 is 0 Å². The topological polar surface area (TPSA) is 59.1 Å². The molecule has 1 aromatic rings. The second-order valence-corrected chi connectivity index (χ2v) is 3.15. The first kappa shape index (κ1) is 8.26. The molecule has 3 nitrogen and oxygen atoms in total. The Balaban J connectivity index is 2.42. The molecule has 1 aliphatic heterocycles. The molecule has 0 saturated heterocycles. The van der Waals surface area contributed by atoms with E-state index in [1.54, 1.807) is 0 Å². The highest BCUT2D eigenvalue weighted by atomic mass is 16.5. The number of nitrogens with two attached hydrogens (primary N) is 1. The summed E-state index contributed by atoms with van der Waals surface area (Å²) in [5.41, 5.74) is 7.73. The van der Waals surface area contributed by atoms with E-state index >= 15 is 0 Å². The predicted octanol–water partition coefficient (Wildman–Crippen LogP) is 1.24. The lowest BCUT2D eigenvalue weighted by Crippen LogP contribution is -2.28. The largest absolute Gasteiger partial charge is 0.385 e.